The van der Waals surface area contributed by atoms with Crippen molar-refractivity contribution in [2.24, 2.45) is 0 Å². The third-order valence-electron chi connectivity index (χ3n) is 2.67. The Morgan fingerprint density at radius 3 is 2.47 bits per heavy atom. The molecule has 0 aliphatic carbocycles. The molecule has 0 aliphatic rings. The predicted octanol–water partition coefficient (Wildman–Crippen LogP) is 4.45. The van der Waals surface area contributed by atoms with E-state index in [1.165, 1.54) is 12.1 Å². The van der Waals surface area contributed by atoms with Gasteiger partial charge in [-0.3, -0.25) is 0 Å². The van der Waals surface area contributed by atoms with Crippen LogP contribution in [0.2, 0.25) is 0 Å². The van der Waals surface area contributed by atoms with Crippen LogP contribution < -0.4 is 5.32 Å². The number of likely N-dealkylation sites (N-methyl/N-ethyl adjacent to an activating group) is 1. The van der Waals surface area contributed by atoms with E-state index < -0.39 is 18.4 Å². The lowest BCUT2D eigenvalue weighted by atomic mass is 10.0. The summed E-state index contributed by atoms with van der Waals surface area (Å²) < 4.78 is 50.5. The fourth-order valence-electron chi connectivity index (χ4n) is 1.92. The van der Waals surface area contributed by atoms with Crippen LogP contribution >= 0.6 is 15.9 Å². The molecule has 0 saturated heterocycles. The smallest absolute Gasteiger partial charge is 0.314 e. The molecule has 1 aromatic carbocycles. The highest BCUT2D eigenvalue weighted by Crippen LogP contribution is 2.24. The fourth-order valence-corrected chi connectivity index (χ4v) is 2.43. The predicted molar refractivity (Wildman–Crippen MR) is 70.6 cm³/mol. The molecule has 1 rings (SSSR count). The first-order valence-electron chi connectivity index (χ1n) is 6.05. The molecule has 1 nitrogen and oxygen atoms in total. The fraction of sp³-hybridized carbons (Fsp3) is 0.538. The Kier molecular flexibility index (Phi) is 6.26. The molecule has 0 fully saturated rings. The lowest BCUT2D eigenvalue weighted by molar-refractivity contribution is -0.136. The van der Waals surface area contributed by atoms with Crippen molar-refractivity contribution >= 4 is 15.9 Å². The van der Waals surface area contributed by atoms with Crippen LogP contribution in [0.3, 0.4) is 0 Å². The zero-order valence-electron chi connectivity index (χ0n) is 10.5. The van der Waals surface area contributed by atoms with Crippen molar-refractivity contribution in [3.8, 4) is 0 Å². The van der Waals surface area contributed by atoms with E-state index in [2.05, 4.69) is 21.2 Å². The Morgan fingerprint density at radius 1 is 1.26 bits per heavy atom. The van der Waals surface area contributed by atoms with Crippen LogP contribution in [0.1, 0.15) is 25.3 Å². The largest absolute Gasteiger partial charge is 0.389 e. The van der Waals surface area contributed by atoms with Gasteiger partial charge in [0.2, 0.25) is 0 Å². The molecule has 19 heavy (non-hydrogen) atoms. The van der Waals surface area contributed by atoms with E-state index in [0.717, 1.165) is 0 Å². The van der Waals surface area contributed by atoms with Gasteiger partial charge in [0.1, 0.15) is 5.82 Å². The molecule has 6 heteroatoms. The van der Waals surface area contributed by atoms with Crippen LogP contribution in [0.5, 0.6) is 0 Å². The summed E-state index contributed by atoms with van der Waals surface area (Å²) in [7, 11) is 0. The molecular weight excluding hydrogens is 326 g/mol. The third-order valence-corrected chi connectivity index (χ3v) is 3.13. The molecule has 108 valence electrons. The number of hydrogen-bond donors (Lipinski definition) is 1. The Bertz CT molecular complexity index is 386. The van der Waals surface area contributed by atoms with Gasteiger partial charge in [-0.2, -0.15) is 13.2 Å². The second-order valence-corrected chi connectivity index (χ2v) is 5.31. The quantitative estimate of drug-likeness (QED) is 0.753. The summed E-state index contributed by atoms with van der Waals surface area (Å²) in [6.45, 7) is 2.42. The van der Waals surface area contributed by atoms with E-state index in [4.69, 9.17) is 0 Å². The first kappa shape index (κ1) is 16.4. The Hall–Kier alpha value is -0.620. The average molecular weight is 342 g/mol. The summed E-state index contributed by atoms with van der Waals surface area (Å²) >= 11 is 3.17. The van der Waals surface area contributed by atoms with E-state index in [1.807, 2.05) is 6.92 Å². The molecular formula is C13H16BrF4N. The maximum absolute atomic E-state index is 13.2. The number of nitrogens with one attached hydrogen (secondary N) is 1. The summed E-state index contributed by atoms with van der Waals surface area (Å²) in [6.07, 6.45) is -4.62. The second kappa shape index (κ2) is 7.24. The molecule has 0 spiro atoms. The zero-order chi connectivity index (χ0) is 14.5. The van der Waals surface area contributed by atoms with Crippen LogP contribution in [-0.2, 0) is 6.42 Å². The standard InChI is InChI=1S/C13H16BrF4N/c1-2-19-12(3-4-13(16,17)18)7-9-5-10(14)8-11(15)6-9/h5-6,8,12,19H,2-4,7H2,1H3. The first-order chi connectivity index (χ1) is 8.80. The maximum Gasteiger partial charge on any atom is 0.389 e. The van der Waals surface area contributed by atoms with Crippen molar-refractivity contribution in [3.05, 3.63) is 34.1 Å². The minimum absolute atomic E-state index is 0.00846. The molecule has 0 amide bonds. The van der Waals surface area contributed by atoms with Crippen LogP contribution in [0, 0.1) is 5.82 Å². The summed E-state index contributed by atoms with van der Waals surface area (Å²) in [6, 6.07) is 4.09. The second-order valence-electron chi connectivity index (χ2n) is 4.39. The topological polar surface area (TPSA) is 12.0 Å². The molecule has 1 aromatic rings. The summed E-state index contributed by atoms with van der Waals surface area (Å²) in [5, 5.41) is 3.00. The normalized spacial score (nSPS) is 13.6. The molecule has 1 N–H and O–H groups in total. The van der Waals surface area contributed by atoms with Crippen LogP contribution in [0.4, 0.5) is 17.6 Å². The Labute approximate surface area is 118 Å². The maximum atomic E-state index is 13.2. The average Bonchev–Trinajstić information content (AvgIpc) is 2.23. The van der Waals surface area contributed by atoms with Gasteiger partial charge in [-0.15, -0.1) is 0 Å². The van der Waals surface area contributed by atoms with Crippen LogP contribution in [0.15, 0.2) is 22.7 Å². The summed E-state index contributed by atoms with van der Waals surface area (Å²) in [5.74, 6) is -0.393. The van der Waals surface area contributed by atoms with E-state index >= 15 is 0 Å². The third kappa shape index (κ3) is 6.92. The summed E-state index contributed by atoms with van der Waals surface area (Å²) in [5.41, 5.74) is 0.681. The van der Waals surface area contributed by atoms with Gasteiger partial charge in [0, 0.05) is 16.9 Å². The van der Waals surface area contributed by atoms with Gasteiger partial charge >= 0.3 is 6.18 Å². The van der Waals surface area contributed by atoms with Crippen molar-refractivity contribution in [1.29, 1.82) is 0 Å². The van der Waals surface area contributed by atoms with Crippen LogP contribution in [0.25, 0.3) is 0 Å². The lowest BCUT2D eigenvalue weighted by Gasteiger charge is -2.19. The van der Waals surface area contributed by atoms with Crippen molar-refractivity contribution in [2.75, 3.05) is 6.54 Å². The van der Waals surface area contributed by atoms with E-state index in [-0.39, 0.29) is 12.5 Å². The summed E-state index contributed by atoms with van der Waals surface area (Å²) in [4.78, 5) is 0. The Morgan fingerprint density at radius 2 is 1.95 bits per heavy atom. The lowest BCUT2D eigenvalue weighted by Crippen LogP contribution is -2.32. The van der Waals surface area contributed by atoms with Crippen molar-refractivity contribution in [1.82, 2.24) is 5.32 Å². The highest BCUT2D eigenvalue weighted by atomic mass is 79.9. The Balaban J connectivity index is 2.66. The highest BCUT2D eigenvalue weighted by molar-refractivity contribution is 9.10. The first-order valence-corrected chi connectivity index (χ1v) is 6.84. The number of benzene rings is 1. The molecule has 0 heterocycles. The number of hydrogen-bond acceptors (Lipinski definition) is 1. The van der Waals surface area contributed by atoms with Gasteiger partial charge in [0.25, 0.3) is 0 Å². The molecule has 1 atom stereocenters. The van der Waals surface area contributed by atoms with Crippen molar-refractivity contribution < 1.29 is 17.6 Å². The highest BCUT2D eigenvalue weighted by Gasteiger charge is 2.28. The van der Waals surface area contributed by atoms with E-state index in [9.17, 15) is 17.6 Å². The van der Waals surface area contributed by atoms with E-state index in [1.54, 1.807) is 6.07 Å². The minimum atomic E-state index is -4.16. The SMILES string of the molecule is CCNC(CCC(F)(F)F)Cc1cc(F)cc(Br)c1. The number of alkyl halides is 3. The van der Waals surface area contributed by atoms with Gasteiger partial charge in [-0.1, -0.05) is 22.9 Å². The van der Waals surface area contributed by atoms with Gasteiger partial charge < -0.3 is 5.32 Å². The van der Waals surface area contributed by atoms with Crippen molar-refractivity contribution in [2.45, 2.75) is 38.4 Å². The number of rotatable bonds is 6. The number of halogens is 5. The van der Waals surface area contributed by atoms with Crippen LogP contribution in [-0.4, -0.2) is 18.8 Å². The molecule has 0 radical (unpaired) electrons. The molecule has 0 aromatic heterocycles. The van der Waals surface area contributed by atoms with Crippen molar-refractivity contribution in [3.63, 3.8) is 0 Å². The van der Waals surface area contributed by atoms with E-state index in [0.29, 0.717) is 23.0 Å². The van der Waals surface area contributed by atoms with Gasteiger partial charge in [-0.25, -0.2) is 4.39 Å². The molecule has 1 unspecified atom stereocenters. The molecule has 0 bridgehead atoms. The van der Waals surface area contributed by atoms with Gasteiger partial charge in [0.05, 0.1) is 0 Å². The van der Waals surface area contributed by atoms with Gasteiger partial charge in [0.15, 0.2) is 0 Å². The molecule has 0 aliphatic heterocycles. The van der Waals surface area contributed by atoms with Gasteiger partial charge in [-0.05, 0) is 43.1 Å². The minimum Gasteiger partial charge on any atom is -0.314 e. The molecule has 0 saturated carbocycles. The monoisotopic (exact) mass is 341 g/mol. The zero-order valence-corrected chi connectivity index (χ0v) is 12.1.